The Morgan fingerprint density at radius 1 is 1.28 bits per heavy atom. The first-order valence-corrected chi connectivity index (χ1v) is 9.37. The average molecular weight is 394 g/mol. The zero-order valence-corrected chi connectivity index (χ0v) is 15.7. The van der Waals surface area contributed by atoms with Crippen LogP contribution < -0.4 is 15.2 Å². The fraction of sp³-hybridized carbons (Fsp3) is 0.600. The first-order valence-electron chi connectivity index (χ1n) is 7.88. The average Bonchev–Trinajstić information content (AvgIpc) is 2.77. The van der Waals surface area contributed by atoms with Crippen LogP contribution in [-0.2, 0) is 10.0 Å². The van der Waals surface area contributed by atoms with Gasteiger partial charge < -0.3 is 10.5 Å². The van der Waals surface area contributed by atoms with Crippen molar-refractivity contribution in [3.63, 3.8) is 0 Å². The summed E-state index contributed by atoms with van der Waals surface area (Å²) in [5.41, 5.74) is 5.54. The molecule has 0 unspecified atom stereocenters. The predicted molar refractivity (Wildman–Crippen MR) is 96.7 cm³/mol. The zero-order valence-electron chi connectivity index (χ0n) is 14.1. The molecule has 1 aromatic carbocycles. The molecular weight excluding hydrogens is 370 g/mol. The minimum Gasteiger partial charge on any atom is -0.495 e. The number of methoxy groups -OCH3 is 1. The lowest BCUT2D eigenvalue weighted by Crippen LogP contribution is -2.49. The van der Waals surface area contributed by atoms with Crippen LogP contribution in [0, 0.1) is 10.1 Å². The number of nitro groups is 1. The molecule has 0 aromatic heterocycles. The van der Waals surface area contributed by atoms with Gasteiger partial charge in [0.2, 0.25) is 10.0 Å². The molecule has 0 spiro atoms. The molecule has 0 bridgehead atoms. The second-order valence-electron chi connectivity index (χ2n) is 6.19. The van der Waals surface area contributed by atoms with Crippen LogP contribution >= 0.6 is 12.4 Å². The number of nitrogens with zero attached hydrogens (tertiary/aromatic N) is 1. The van der Waals surface area contributed by atoms with Crippen molar-refractivity contribution in [3.8, 4) is 5.75 Å². The molecule has 3 N–H and O–H groups in total. The molecule has 1 saturated carbocycles. The molecule has 0 aliphatic heterocycles. The summed E-state index contributed by atoms with van der Waals surface area (Å²) >= 11 is 0. The Kier molecular flexibility index (Phi) is 7.61. The monoisotopic (exact) mass is 393 g/mol. The van der Waals surface area contributed by atoms with Gasteiger partial charge in [-0.05, 0) is 18.9 Å². The van der Waals surface area contributed by atoms with E-state index >= 15 is 0 Å². The zero-order chi connectivity index (χ0) is 17.8. The van der Waals surface area contributed by atoms with E-state index in [1.807, 2.05) is 0 Å². The summed E-state index contributed by atoms with van der Waals surface area (Å²) < 4.78 is 32.6. The molecule has 0 atom stereocenters. The quantitative estimate of drug-likeness (QED) is 0.434. The first kappa shape index (κ1) is 21.6. The maximum atomic E-state index is 12.5. The van der Waals surface area contributed by atoms with Crippen molar-refractivity contribution in [1.82, 2.24) is 4.72 Å². The first-order chi connectivity index (χ1) is 11.3. The number of hydrogen-bond donors (Lipinski definition) is 2. The van der Waals surface area contributed by atoms with E-state index in [0.717, 1.165) is 50.7 Å². The summed E-state index contributed by atoms with van der Waals surface area (Å²) in [7, 11) is -2.60. The number of halogens is 1. The number of hydrogen-bond acceptors (Lipinski definition) is 6. The standard InChI is InChI=1S/C15H23N3O5S.ClH/c1-23-13-10-12(18(19)20)6-7-14(13)24(21,22)17-11-15(16)8-4-2-3-5-9-15;/h6-7,10,17H,2-5,8-9,11,16H2,1H3;1H. The van der Waals surface area contributed by atoms with Crippen LogP contribution in [0.15, 0.2) is 23.1 Å². The fourth-order valence-corrected chi connectivity index (χ4v) is 4.21. The predicted octanol–water partition coefficient (Wildman–Crippen LogP) is 2.36. The van der Waals surface area contributed by atoms with Gasteiger partial charge in [0.15, 0.2) is 0 Å². The second-order valence-corrected chi connectivity index (χ2v) is 7.93. The Hall–Kier alpha value is -1.42. The highest BCUT2D eigenvalue weighted by atomic mass is 35.5. The van der Waals surface area contributed by atoms with E-state index in [1.165, 1.54) is 13.2 Å². The van der Waals surface area contributed by atoms with Crippen LogP contribution in [0.3, 0.4) is 0 Å². The molecule has 1 aliphatic rings. The fourth-order valence-electron chi connectivity index (χ4n) is 2.92. The largest absolute Gasteiger partial charge is 0.495 e. The van der Waals surface area contributed by atoms with Crippen molar-refractivity contribution in [2.45, 2.75) is 49.0 Å². The summed E-state index contributed by atoms with van der Waals surface area (Å²) in [5.74, 6) is -0.0661. The summed E-state index contributed by atoms with van der Waals surface area (Å²) in [6, 6.07) is 3.41. The summed E-state index contributed by atoms with van der Waals surface area (Å²) in [4.78, 5) is 10.1. The van der Waals surface area contributed by atoms with Crippen molar-refractivity contribution in [2.75, 3.05) is 13.7 Å². The maximum absolute atomic E-state index is 12.5. The third-order valence-electron chi connectivity index (χ3n) is 4.36. The van der Waals surface area contributed by atoms with Crippen LogP contribution in [0.4, 0.5) is 5.69 Å². The van der Waals surface area contributed by atoms with Gasteiger partial charge in [-0.1, -0.05) is 25.7 Å². The number of nitrogens with one attached hydrogen (secondary N) is 1. The van der Waals surface area contributed by atoms with Crippen LogP contribution in [0.5, 0.6) is 5.75 Å². The molecular formula is C15H24ClN3O5S. The highest BCUT2D eigenvalue weighted by Gasteiger charge is 2.30. The smallest absolute Gasteiger partial charge is 0.273 e. The van der Waals surface area contributed by atoms with Gasteiger partial charge in [-0.3, -0.25) is 10.1 Å². The van der Waals surface area contributed by atoms with Crippen LogP contribution in [0.2, 0.25) is 0 Å². The minimum absolute atomic E-state index is 0. The van der Waals surface area contributed by atoms with Gasteiger partial charge in [0.1, 0.15) is 10.6 Å². The van der Waals surface area contributed by atoms with Crippen molar-refractivity contribution >= 4 is 28.1 Å². The number of rotatable bonds is 6. The number of sulfonamides is 1. The Bertz CT molecular complexity index is 703. The lowest BCUT2D eigenvalue weighted by atomic mass is 9.92. The van der Waals surface area contributed by atoms with Gasteiger partial charge in [0, 0.05) is 18.2 Å². The molecule has 2 rings (SSSR count). The van der Waals surface area contributed by atoms with E-state index in [-0.39, 0.29) is 35.3 Å². The van der Waals surface area contributed by atoms with Crippen molar-refractivity contribution in [2.24, 2.45) is 5.73 Å². The Balaban J connectivity index is 0.00000312. The molecule has 8 nitrogen and oxygen atoms in total. The third-order valence-corrected chi connectivity index (χ3v) is 5.80. The van der Waals surface area contributed by atoms with Gasteiger partial charge in [0.25, 0.3) is 5.69 Å². The van der Waals surface area contributed by atoms with Crippen LogP contribution in [-0.4, -0.2) is 32.5 Å². The summed E-state index contributed by atoms with van der Waals surface area (Å²) in [6.07, 6.45) is 5.74. The molecule has 0 radical (unpaired) electrons. The third kappa shape index (κ3) is 5.53. The molecule has 142 valence electrons. The van der Waals surface area contributed by atoms with Gasteiger partial charge >= 0.3 is 0 Å². The lowest BCUT2D eigenvalue weighted by molar-refractivity contribution is -0.385. The van der Waals surface area contributed by atoms with Crippen molar-refractivity contribution < 1.29 is 18.1 Å². The van der Waals surface area contributed by atoms with E-state index < -0.39 is 20.5 Å². The lowest BCUT2D eigenvalue weighted by Gasteiger charge is -2.28. The molecule has 0 saturated heterocycles. The molecule has 0 amide bonds. The minimum atomic E-state index is -3.87. The number of non-ortho nitro benzene ring substituents is 1. The highest BCUT2D eigenvalue weighted by Crippen LogP contribution is 2.29. The van der Waals surface area contributed by atoms with E-state index in [4.69, 9.17) is 10.5 Å². The summed E-state index contributed by atoms with van der Waals surface area (Å²) in [6.45, 7) is 0.134. The number of nitro benzene ring substituents is 1. The van der Waals surface area contributed by atoms with Crippen molar-refractivity contribution in [1.29, 1.82) is 0 Å². The van der Waals surface area contributed by atoms with Gasteiger partial charge in [-0.15, -0.1) is 12.4 Å². The topological polar surface area (TPSA) is 125 Å². The van der Waals surface area contributed by atoms with Gasteiger partial charge in [-0.2, -0.15) is 0 Å². The van der Waals surface area contributed by atoms with E-state index in [1.54, 1.807) is 0 Å². The van der Waals surface area contributed by atoms with E-state index in [9.17, 15) is 18.5 Å². The van der Waals surface area contributed by atoms with Crippen molar-refractivity contribution in [3.05, 3.63) is 28.3 Å². The van der Waals surface area contributed by atoms with Gasteiger partial charge in [-0.25, -0.2) is 13.1 Å². The number of nitrogens with two attached hydrogens (primary N) is 1. The maximum Gasteiger partial charge on any atom is 0.273 e. The molecule has 0 heterocycles. The van der Waals surface area contributed by atoms with Gasteiger partial charge in [0.05, 0.1) is 18.1 Å². The Morgan fingerprint density at radius 3 is 2.40 bits per heavy atom. The van der Waals surface area contributed by atoms with E-state index in [0.29, 0.717) is 0 Å². The van der Waals surface area contributed by atoms with E-state index in [2.05, 4.69) is 4.72 Å². The van der Waals surface area contributed by atoms with Crippen LogP contribution in [0.1, 0.15) is 38.5 Å². The molecule has 25 heavy (non-hydrogen) atoms. The molecule has 1 aliphatic carbocycles. The molecule has 1 aromatic rings. The SMILES string of the molecule is COc1cc([N+](=O)[O-])ccc1S(=O)(=O)NCC1(N)CCCCCC1.Cl. The molecule has 1 fully saturated rings. The molecule has 10 heteroatoms. The highest BCUT2D eigenvalue weighted by molar-refractivity contribution is 7.89. The summed E-state index contributed by atoms with van der Waals surface area (Å²) in [5, 5.41) is 10.8. The van der Waals surface area contributed by atoms with Crippen LogP contribution in [0.25, 0.3) is 0 Å². The second kappa shape index (κ2) is 8.79. The number of ether oxygens (including phenoxy) is 1. The number of benzene rings is 1. The Labute approximate surface area is 153 Å². The normalized spacial score (nSPS) is 17.2. The Morgan fingerprint density at radius 2 is 1.88 bits per heavy atom.